The molecule has 1 heterocycles. The molecule has 0 unspecified atom stereocenters. The van der Waals surface area contributed by atoms with Crippen molar-refractivity contribution in [2.45, 2.75) is 26.4 Å². The fourth-order valence-corrected chi connectivity index (χ4v) is 2.27. The second-order valence-electron chi connectivity index (χ2n) is 3.82. The van der Waals surface area contributed by atoms with E-state index in [-0.39, 0.29) is 5.82 Å². The van der Waals surface area contributed by atoms with E-state index in [1.54, 1.807) is 23.5 Å². The van der Waals surface area contributed by atoms with E-state index in [2.05, 4.69) is 22.6 Å². The second-order valence-corrected chi connectivity index (χ2v) is 4.76. The lowest BCUT2D eigenvalue weighted by atomic mass is 10.2. The van der Waals surface area contributed by atoms with Crippen LogP contribution in [0.1, 0.15) is 23.2 Å². The monoisotopic (exact) mass is 250 g/mol. The highest BCUT2D eigenvalue weighted by Crippen LogP contribution is 2.10. The highest BCUT2D eigenvalue weighted by Gasteiger charge is 2.00. The molecule has 4 heteroatoms. The molecule has 0 aliphatic carbocycles. The van der Waals surface area contributed by atoms with E-state index in [1.165, 1.54) is 17.1 Å². The molecule has 0 spiro atoms. The van der Waals surface area contributed by atoms with Crippen LogP contribution in [-0.4, -0.2) is 4.98 Å². The first-order valence-corrected chi connectivity index (χ1v) is 6.54. The zero-order valence-corrected chi connectivity index (χ0v) is 10.6. The number of hydrogen-bond donors (Lipinski definition) is 1. The van der Waals surface area contributed by atoms with Gasteiger partial charge in [-0.1, -0.05) is 19.1 Å². The van der Waals surface area contributed by atoms with Crippen molar-refractivity contribution in [3.05, 3.63) is 51.7 Å². The lowest BCUT2D eigenvalue weighted by molar-refractivity contribution is 0.624. The maximum atomic E-state index is 12.7. The van der Waals surface area contributed by atoms with Crippen molar-refractivity contribution in [1.82, 2.24) is 10.3 Å². The van der Waals surface area contributed by atoms with Crippen LogP contribution >= 0.6 is 11.3 Å². The molecule has 17 heavy (non-hydrogen) atoms. The van der Waals surface area contributed by atoms with Crippen LogP contribution in [0.25, 0.3) is 0 Å². The van der Waals surface area contributed by atoms with E-state index in [1.807, 2.05) is 0 Å². The Hall–Kier alpha value is -1.26. The maximum absolute atomic E-state index is 12.7. The van der Waals surface area contributed by atoms with Gasteiger partial charge >= 0.3 is 0 Å². The Labute approximate surface area is 105 Å². The minimum absolute atomic E-state index is 0.194. The summed E-state index contributed by atoms with van der Waals surface area (Å²) in [6.07, 6.45) is 0.989. The summed E-state index contributed by atoms with van der Waals surface area (Å²) in [6, 6.07) is 6.55. The fraction of sp³-hybridized carbons (Fsp3) is 0.308. The molecule has 2 rings (SSSR count). The Morgan fingerprint density at radius 3 is 2.65 bits per heavy atom. The van der Waals surface area contributed by atoms with Crippen LogP contribution in [0.3, 0.4) is 0 Å². The lowest BCUT2D eigenvalue weighted by Gasteiger charge is -2.02. The van der Waals surface area contributed by atoms with Crippen LogP contribution in [0.4, 0.5) is 4.39 Å². The number of nitrogens with zero attached hydrogens (tertiary/aromatic N) is 1. The molecule has 0 radical (unpaired) electrons. The molecule has 1 N–H and O–H groups in total. The van der Waals surface area contributed by atoms with Gasteiger partial charge in [-0.3, -0.25) is 0 Å². The van der Waals surface area contributed by atoms with Crippen molar-refractivity contribution in [3.63, 3.8) is 0 Å². The highest BCUT2D eigenvalue weighted by molar-refractivity contribution is 7.09. The summed E-state index contributed by atoms with van der Waals surface area (Å²) < 4.78 is 12.7. The summed E-state index contributed by atoms with van der Waals surface area (Å²) in [5.74, 6) is -0.194. The minimum atomic E-state index is -0.194. The first-order valence-electron chi connectivity index (χ1n) is 5.66. The maximum Gasteiger partial charge on any atom is 0.123 e. The van der Waals surface area contributed by atoms with E-state index in [0.717, 1.165) is 30.8 Å². The Kier molecular flexibility index (Phi) is 4.23. The molecule has 0 saturated carbocycles. The predicted octanol–water partition coefficient (Wildman–Crippen LogP) is 3.13. The van der Waals surface area contributed by atoms with Crippen molar-refractivity contribution in [2.24, 2.45) is 0 Å². The van der Waals surface area contributed by atoms with E-state index in [0.29, 0.717) is 0 Å². The molecule has 0 bridgehead atoms. The standard InChI is InChI=1S/C13H15FN2S/c1-2-13-16-12(9-17-13)8-15-7-10-3-5-11(14)6-4-10/h3-6,9,15H,2,7-8H2,1H3. The number of benzene rings is 1. The number of thiazole rings is 1. The fourth-order valence-electron chi connectivity index (χ4n) is 1.53. The number of halogens is 1. The summed E-state index contributed by atoms with van der Waals surface area (Å²) in [5.41, 5.74) is 2.16. The van der Waals surface area contributed by atoms with E-state index >= 15 is 0 Å². The largest absolute Gasteiger partial charge is 0.307 e. The smallest absolute Gasteiger partial charge is 0.123 e. The van der Waals surface area contributed by atoms with Crippen molar-refractivity contribution < 1.29 is 4.39 Å². The molecule has 90 valence electrons. The topological polar surface area (TPSA) is 24.9 Å². The second kappa shape index (κ2) is 5.89. The van der Waals surface area contributed by atoms with Gasteiger partial charge in [-0.15, -0.1) is 11.3 Å². The average Bonchev–Trinajstić information content (AvgIpc) is 2.80. The number of nitrogens with one attached hydrogen (secondary N) is 1. The molecule has 0 saturated heterocycles. The molecule has 2 nitrogen and oxygen atoms in total. The minimum Gasteiger partial charge on any atom is -0.307 e. The average molecular weight is 250 g/mol. The Bertz CT molecular complexity index is 465. The summed E-state index contributed by atoms with van der Waals surface area (Å²) in [4.78, 5) is 4.47. The van der Waals surface area contributed by atoms with Gasteiger partial charge in [0.1, 0.15) is 5.82 Å². The van der Waals surface area contributed by atoms with E-state index in [4.69, 9.17) is 0 Å². The van der Waals surface area contributed by atoms with Crippen LogP contribution in [0.5, 0.6) is 0 Å². The van der Waals surface area contributed by atoms with Gasteiger partial charge in [0.2, 0.25) is 0 Å². The van der Waals surface area contributed by atoms with Gasteiger partial charge in [0.25, 0.3) is 0 Å². The van der Waals surface area contributed by atoms with E-state index in [9.17, 15) is 4.39 Å². The normalized spacial score (nSPS) is 10.7. The molecule has 0 amide bonds. The third-order valence-electron chi connectivity index (χ3n) is 2.45. The lowest BCUT2D eigenvalue weighted by Crippen LogP contribution is -2.12. The predicted molar refractivity (Wildman–Crippen MR) is 68.4 cm³/mol. The molecule has 0 atom stereocenters. The van der Waals surface area contributed by atoms with Crippen LogP contribution in [-0.2, 0) is 19.5 Å². The van der Waals surface area contributed by atoms with Gasteiger partial charge < -0.3 is 5.32 Å². The van der Waals surface area contributed by atoms with Gasteiger partial charge in [0.05, 0.1) is 10.7 Å². The Morgan fingerprint density at radius 1 is 1.24 bits per heavy atom. The van der Waals surface area contributed by atoms with Crippen LogP contribution in [0.2, 0.25) is 0 Å². The molecule has 1 aromatic heterocycles. The number of hydrogen-bond acceptors (Lipinski definition) is 3. The molecule has 0 fully saturated rings. The zero-order chi connectivity index (χ0) is 12.1. The zero-order valence-electron chi connectivity index (χ0n) is 9.74. The SMILES string of the molecule is CCc1nc(CNCc2ccc(F)cc2)cs1. The summed E-state index contributed by atoms with van der Waals surface area (Å²) in [7, 11) is 0. The molecule has 2 aromatic rings. The molecular formula is C13H15FN2S. The van der Waals surface area contributed by atoms with Crippen molar-refractivity contribution in [2.75, 3.05) is 0 Å². The summed E-state index contributed by atoms with van der Waals surface area (Å²) >= 11 is 1.70. The summed E-state index contributed by atoms with van der Waals surface area (Å²) in [5, 5.41) is 6.55. The number of rotatable bonds is 5. The van der Waals surface area contributed by atoms with Gasteiger partial charge in [-0.2, -0.15) is 0 Å². The van der Waals surface area contributed by atoms with Crippen LogP contribution in [0.15, 0.2) is 29.6 Å². The van der Waals surface area contributed by atoms with E-state index < -0.39 is 0 Å². The van der Waals surface area contributed by atoms with Crippen molar-refractivity contribution >= 4 is 11.3 Å². The molecule has 0 aliphatic heterocycles. The first-order chi connectivity index (χ1) is 8.28. The molecular weight excluding hydrogens is 235 g/mol. The van der Waals surface area contributed by atoms with Gasteiger partial charge in [-0.05, 0) is 24.1 Å². The molecule has 1 aromatic carbocycles. The van der Waals surface area contributed by atoms with Gasteiger partial charge in [0, 0.05) is 18.5 Å². The van der Waals surface area contributed by atoms with Gasteiger partial charge in [0.15, 0.2) is 0 Å². The Morgan fingerprint density at radius 2 is 2.00 bits per heavy atom. The number of aryl methyl sites for hydroxylation is 1. The van der Waals surface area contributed by atoms with Crippen LogP contribution in [0, 0.1) is 5.82 Å². The highest BCUT2D eigenvalue weighted by atomic mass is 32.1. The summed E-state index contributed by atoms with van der Waals surface area (Å²) in [6.45, 7) is 3.60. The third kappa shape index (κ3) is 3.61. The van der Waals surface area contributed by atoms with Gasteiger partial charge in [-0.25, -0.2) is 9.37 Å². The van der Waals surface area contributed by atoms with Crippen molar-refractivity contribution in [1.29, 1.82) is 0 Å². The first kappa shape index (κ1) is 12.2. The van der Waals surface area contributed by atoms with Crippen molar-refractivity contribution in [3.8, 4) is 0 Å². The number of aromatic nitrogens is 1. The quantitative estimate of drug-likeness (QED) is 0.882. The third-order valence-corrected chi connectivity index (χ3v) is 3.49. The molecule has 0 aliphatic rings. The van der Waals surface area contributed by atoms with Crippen LogP contribution < -0.4 is 5.32 Å². The Balaban J connectivity index is 1.81.